The molecule has 0 amide bonds. The zero-order valence-electron chi connectivity index (χ0n) is 12.1. The lowest BCUT2D eigenvalue weighted by atomic mass is 10.2. The van der Waals surface area contributed by atoms with Gasteiger partial charge in [-0.15, -0.1) is 11.6 Å². The third kappa shape index (κ3) is 3.02. The lowest BCUT2D eigenvalue weighted by molar-refractivity contribution is 0.423. The van der Waals surface area contributed by atoms with Crippen LogP contribution in [-0.4, -0.2) is 41.5 Å². The van der Waals surface area contributed by atoms with Crippen LogP contribution in [0.5, 0.6) is 0 Å². The van der Waals surface area contributed by atoms with Gasteiger partial charge in [-0.2, -0.15) is 9.40 Å². The Bertz CT molecular complexity index is 560. The zero-order chi connectivity index (χ0) is 14.8. The van der Waals surface area contributed by atoms with E-state index in [1.54, 1.807) is 22.8 Å². The van der Waals surface area contributed by atoms with E-state index in [4.69, 9.17) is 11.6 Å². The van der Waals surface area contributed by atoms with E-state index in [9.17, 15) is 8.42 Å². The minimum absolute atomic E-state index is 0.365. The van der Waals surface area contributed by atoms with Gasteiger partial charge < -0.3 is 0 Å². The van der Waals surface area contributed by atoms with Crippen molar-refractivity contribution >= 4 is 21.6 Å². The Morgan fingerprint density at radius 1 is 1.15 bits per heavy atom. The second-order valence-corrected chi connectivity index (χ2v) is 7.48. The second kappa shape index (κ2) is 6.45. The molecule has 1 aliphatic heterocycles. The Kier molecular flexibility index (Phi) is 5.09. The highest BCUT2D eigenvalue weighted by atomic mass is 35.5. The van der Waals surface area contributed by atoms with E-state index < -0.39 is 10.0 Å². The average molecular weight is 320 g/mol. The summed E-state index contributed by atoms with van der Waals surface area (Å²) in [6.45, 7) is 5.31. The number of alkyl halides is 1. The van der Waals surface area contributed by atoms with Crippen molar-refractivity contribution in [2.45, 2.75) is 51.0 Å². The third-order valence-electron chi connectivity index (χ3n) is 3.77. The number of nitrogens with zero attached hydrogens (tertiary/aromatic N) is 3. The Hall–Kier alpha value is -0.590. The molecule has 1 aromatic heterocycles. The van der Waals surface area contributed by atoms with Crippen molar-refractivity contribution in [3.8, 4) is 0 Å². The number of hydrogen-bond donors (Lipinski definition) is 0. The lowest BCUT2D eigenvalue weighted by Gasteiger charge is -2.20. The molecule has 0 spiro atoms. The molecule has 0 atom stereocenters. The molecule has 1 aromatic rings. The quantitative estimate of drug-likeness (QED) is 0.800. The van der Waals surface area contributed by atoms with E-state index in [0.29, 0.717) is 41.8 Å². The molecule has 114 valence electrons. The molecule has 0 unspecified atom stereocenters. The first-order chi connectivity index (χ1) is 9.48. The van der Waals surface area contributed by atoms with Gasteiger partial charge in [0.2, 0.25) is 10.0 Å². The van der Waals surface area contributed by atoms with Crippen molar-refractivity contribution < 1.29 is 8.42 Å². The fraction of sp³-hybridized carbons (Fsp3) is 0.769. The van der Waals surface area contributed by atoms with E-state index >= 15 is 0 Å². The fourth-order valence-corrected chi connectivity index (χ4v) is 4.81. The number of aromatic nitrogens is 2. The van der Waals surface area contributed by atoms with Gasteiger partial charge in [0.05, 0.1) is 17.9 Å². The van der Waals surface area contributed by atoms with Crippen molar-refractivity contribution in [2.24, 2.45) is 0 Å². The first kappa shape index (κ1) is 15.8. The molecule has 0 aliphatic carbocycles. The predicted molar refractivity (Wildman–Crippen MR) is 79.6 cm³/mol. The van der Waals surface area contributed by atoms with Crippen LogP contribution in [0.4, 0.5) is 0 Å². The van der Waals surface area contributed by atoms with E-state index in [1.165, 1.54) is 0 Å². The number of aryl methyl sites for hydroxylation is 2. The van der Waals surface area contributed by atoms with E-state index in [0.717, 1.165) is 25.7 Å². The normalized spacial score (nSPS) is 18.1. The summed E-state index contributed by atoms with van der Waals surface area (Å²) in [5, 5.41) is 4.31. The zero-order valence-corrected chi connectivity index (χ0v) is 13.7. The van der Waals surface area contributed by atoms with Crippen molar-refractivity contribution in [3.63, 3.8) is 0 Å². The van der Waals surface area contributed by atoms with Crippen LogP contribution in [0.2, 0.25) is 0 Å². The smallest absolute Gasteiger partial charge is 0.246 e. The van der Waals surface area contributed by atoms with Gasteiger partial charge in [0.1, 0.15) is 4.90 Å². The standard InChI is InChI=1S/C13H22ClN3O2S/c1-11-13(12(2)17(15-11)10-7-14)20(18,19)16-8-5-3-4-6-9-16/h3-10H2,1-2H3. The molecule has 2 heterocycles. The van der Waals surface area contributed by atoms with Crippen LogP contribution in [0.3, 0.4) is 0 Å². The molecule has 0 saturated carbocycles. The Morgan fingerprint density at radius 2 is 1.75 bits per heavy atom. The molecule has 7 heteroatoms. The van der Waals surface area contributed by atoms with Crippen molar-refractivity contribution in [3.05, 3.63) is 11.4 Å². The van der Waals surface area contributed by atoms with E-state index in [1.807, 2.05) is 0 Å². The SMILES string of the molecule is Cc1nn(CCCl)c(C)c1S(=O)(=O)N1CCCCCC1. The lowest BCUT2D eigenvalue weighted by Crippen LogP contribution is -2.32. The molecule has 1 saturated heterocycles. The summed E-state index contributed by atoms with van der Waals surface area (Å²) < 4.78 is 29.0. The summed E-state index contributed by atoms with van der Waals surface area (Å²) in [5.41, 5.74) is 1.25. The molecular weight excluding hydrogens is 298 g/mol. The van der Waals surface area contributed by atoms with Crippen LogP contribution >= 0.6 is 11.6 Å². The number of halogens is 1. The van der Waals surface area contributed by atoms with Gasteiger partial charge >= 0.3 is 0 Å². The molecule has 1 aliphatic rings. The minimum Gasteiger partial charge on any atom is -0.267 e. The largest absolute Gasteiger partial charge is 0.267 e. The van der Waals surface area contributed by atoms with E-state index in [2.05, 4.69) is 5.10 Å². The monoisotopic (exact) mass is 319 g/mol. The van der Waals surface area contributed by atoms with Crippen LogP contribution < -0.4 is 0 Å². The van der Waals surface area contributed by atoms with Gasteiger partial charge in [-0.1, -0.05) is 12.8 Å². The summed E-state index contributed by atoms with van der Waals surface area (Å²) in [4.78, 5) is 0.365. The van der Waals surface area contributed by atoms with Gasteiger partial charge in [0.15, 0.2) is 0 Å². The molecular formula is C13H22ClN3O2S. The van der Waals surface area contributed by atoms with Crippen molar-refractivity contribution in [1.82, 2.24) is 14.1 Å². The highest BCUT2D eigenvalue weighted by molar-refractivity contribution is 7.89. The second-order valence-electron chi connectivity index (χ2n) is 5.23. The fourth-order valence-electron chi connectivity index (χ4n) is 2.76. The summed E-state index contributed by atoms with van der Waals surface area (Å²) in [6.07, 6.45) is 4.09. The molecule has 0 N–H and O–H groups in total. The Morgan fingerprint density at radius 3 is 2.30 bits per heavy atom. The van der Waals surface area contributed by atoms with Crippen LogP contribution in [0.25, 0.3) is 0 Å². The van der Waals surface area contributed by atoms with Crippen molar-refractivity contribution in [1.29, 1.82) is 0 Å². The molecule has 20 heavy (non-hydrogen) atoms. The van der Waals surface area contributed by atoms with Gasteiger partial charge in [0, 0.05) is 19.0 Å². The maximum absolute atomic E-state index is 12.8. The molecule has 0 radical (unpaired) electrons. The van der Waals surface area contributed by atoms with Gasteiger partial charge in [-0.05, 0) is 26.7 Å². The number of rotatable bonds is 4. The van der Waals surface area contributed by atoms with Gasteiger partial charge in [-0.3, -0.25) is 4.68 Å². The predicted octanol–water partition coefficient (Wildman–Crippen LogP) is 2.30. The summed E-state index contributed by atoms with van der Waals surface area (Å²) in [5.74, 6) is 0.422. The highest BCUT2D eigenvalue weighted by Crippen LogP contribution is 2.25. The Balaban J connectivity index is 2.38. The maximum Gasteiger partial charge on any atom is 0.246 e. The molecule has 5 nitrogen and oxygen atoms in total. The third-order valence-corrected chi connectivity index (χ3v) is 6.10. The van der Waals surface area contributed by atoms with Crippen LogP contribution in [0, 0.1) is 13.8 Å². The van der Waals surface area contributed by atoms with Crippen LogP contribution in [0.15, 0.2) is 4.90 Å². The summed E-state index contributed by atoms with van der Waals surface area (Å²) in [6, 6.07) is 0. The van der Waals surface area contributed by atoms with Crippen LogP contribution in [0.1, 0.15) is 37.1 Å². The molecule has 2 rings (SSSR count). The van der Waals surface area contributed by atoms with Gasteiger partial charge in [-0.25, -0.2) is 8.42 Å². The topological polar surface area (TPSA) is 55.2 Å². The maximum atomic E-state index is 12.8. The summed E-state index contributed by atoms with van der Waals surface area (Å²) in [7, 11) is -3.44. The number of hydrogen-bond acceptors (Lipinski definition) is 3. The highest BCUT2D eigenvalue weighted by Gasteiger charge is 2.31. The molecule has 0 bridgehead atoms. The minimum atomic E-state index is -3.44. The van der Waals surface area contributed by atoms with E-state index in [-0.39, 0.29) is 0 Å². The number of sulfonamides is 1. The van der Waals surface area contributed by atoms with Gasteiger partial charge in [0.25, 0.3) is 0 Å². The Labute approximate surface area is 126 Å². The van der Waals surface area contributed by atoms with Crippen LogP contribution in [-0.2, 0) is 16.6 Å². The summed E-state index contributed by atoms with van der Waals surface area (Å²) >= 11 is 5.73. The molecule has 0 aromatic carbocycles. The van der Waals surface area contributed by atoms with Crippen molar-refractivity contribution in [2.75, 3.05) is 19.0 Å². The first-order valence-corrected chi connectivity index (χ1v) is 9.06. The average Bonchev–Trinajstić information content (AvgIpc) is 2.61. The first-order valence-electron chi connectivity index (χ1n) is 7.08. The molecule has 1 fully saturated rings.